The number of rotatable bonds is 8. The number of halogens is 1. The van der Waals surface area contributed by atoms with Crippen LogP contribution in [0.2, 0.25) is 0 Å². The number of nitrogens with zero attached hydrogens (tertiary/aromatic N) is 2. The van der Waals surface area contributed by atoms with Gasteiger partial charge in [0.25, 0.3) is 0 Å². The summed E-state index contributed by atoms with van der Waals surface area (Å²) in [7, 11) is 0. The fourth-order valence-corrected chi connectivity index (χ4v) is 1.89. The van der Waals surface area contributed by atoms with Crippen LogP contribution in [-0.4, -0.2) is 29.7 Å². The molecule has 0 bridgehead atoms. The average molecular weight is 330 g/mol. The van der Waals surface area contributed by atoms with Gasteiger partial charge in [0, 0.05) is 31.7 Å². The number of ether oxygens (including phenoxy) is 1. The van der Waals surface area contributed by atoms with E-state index in [1.807, 2.05) is 6.07 Å². The second-order valence-corrected chi connectivity index (χ2v) is 6.15. The van der Waals surface area contributed by atoms with E-state index in [2.05, 4.69) is 58.9 Å². The Labute approximate surface area is 124 Å². The Morgan fingerprint density at radius 3 is 2.63 bits per heavy atom. The van der Waals surface area contributed by atoms with Crippen LogP contribution in [0, 0.1) is 5.92 Å². The minimum Gasteiger partial charge on any atom is -0.381 e. The predicted molar refractivity (Wildman–Crippen MR) is 82.6 cm³/mol. The summed E-state index contributed by atoms with van der Waals surface area (Å²) in [6.45, 7) is 11.0. The maximum atomic E-state index is 5.54. The summed E-state index contributed by atoms with van der Waals surface area (Å²) in [5.41, 5.74) is 0. The smallest absolute Gasteiger partial charge is 0.134 e. The zero-order valence-corrected chi connectivity index (χ0v) is 13.8. The standard InChI is InChI=1S/C14H24BrN3O/c1-10(2)9-19-7-5-6-16-13-8-12(15)17-14(18-13)11(3)4/h8,10-11H,5-7,9H2,1-4H3,(H,16,17,18). The molecule has 1 rings (SSSR count). The van der Waals surface area contributed by atoms with Gasteiger partial charge >= 0.3 is 0 Å². The highest BCUT2D eigenvalue weighted by atomic mass is 79.9. The molecule has 0 fully saturated rings. The molecule has 5 heteroatoms. The van der Waals surface area contributed by atoms with Crippen LogP contribution in [0.3, 0.4) is 0 Å². The second kappa shape index (κ2) is 8.48. The van der Waals surface area contributed by atoms with Gasteiger partial charge in [-0.3, -0.25) is 0 Å². The molecule has 0 atom stereocenters. The van der Waals surface area contributed by atoms with Gasteiger partial charge in [-0.25, -0.2) is 9.97 Å². The Bertz CT molecular complexity index is 383. The van der Waals surface area contributed by atoms with Gasteiger partial charge in [0.1, 0.15) is 16.2 Å². The van der Waals surface area contributed by atoms with Crippen molar-refractivity contribution in [3.05, 3.63) is 16.5 Å². The van der Waals surface area contributed by atoms with E-state index in [9.17, 15) is 0 Å². The Hall–Kier alpha value is -0.680. The topological polar surface area (TPSA) is 47.0 Å². The third-order valence-electron chi connectivity index (χ3n) is 2.45. The first-order chi connectivity index (χ1) is 8.99. The van der Waals surface area contributed by atoms with Gasteiger partial charge in [0.05, 0.1) is 0 Å². The van der Waals surface area contributed by atoms with Crippen molar-refractivity contribution in [1.82, 2.24) is 9.97 Å². The van der Waals surface area contributed by atoms with E-state index in [-0.39, 0.29) is 0 Å². The van der Waals surface area contributed by atoms with E-state index < -0.39 is 0 Å². The molecule has 108 valence electrons. The molecular weight excluding hydrogens is 306 g/mol. The SMILES string of the molecule is CC(C)COCCCNc1cc(Br)nc(C(C)C)n1. The quantitative estimate of drug-likeness (QED) is 0.581. The summed E-state index contributed by atoms with van der Waals surface area (Å²) in [4.78, 5) is 8.84. The van der Waals surface area contributed by atoms with Crippen molar-refractivity contribution in [2.45, 2.75) is 40.0 Å². The fourth-order valence-electron chi connectivity index (χ4n) is 1.49. The lowest BCUT2D eigenvalue weighted by atomic mass is 10.2. The predicted octanol–water partition coefficient (Wildman–Crippen LogP) is 3.84. The molecule has 0 saturated carbocycles. The number of anilines is 1. The molecule has 0 saturated heterocycles. The lowest BCUT2D eigenvalue weighted by Crippen LogP contribution is -2.10. The largest absolute Gasteiger partial charge is 0.381 e. The van der Waals surface area contributed by atoms with Crippen LogP contribution in [0.1, 0.15) is 45.9 Å². The first-order valence-electron chi connectivity index (χ1n) is 6.85. The van der Waals surface area contributed by atoms with Gasteiger partial charge < -0.3 is 10.1 Å². The van der Waals surface area contributed by atoms with Crippen LogP contribution in [0.4, 0.5) is 5.82 Å². The van der Waals surface area contributed by atoms with E-state index in [0.29, 0.717) is 11.8 Å². The van der Waals surface area contributed by atoms with Crippen LogP contribution >= 0.6 is 15.9 Å². The van der Waals surface area contributed by atoms with Crippen LogP contribution in [0.5, 0.6) is 0 Å². The van der Waals surface area contributed by atoms with Crippen molar-refractivity contribution < 1.29 is 4.74 Å². The first kappa shape index (κ1) is 16.4. The van der Waals surface area contributed by atoms with Crippen molar-refractivity contribution in [1.29, 1.82) is 0 Å². The van der Waals surface area contributed by atoms with Crippen LogP contribution in [0.25, 0.3) is 0 Å². The van der Waals surface area contributed by atoms with Gasteiger partial charge in [-0.1, -0.05) is 27.7 Å². The Morgan fingerprint density at radius 2 is 2.00 bits per heavy atom. The summed E-state index contributed by atoms with van der Waals surface area (Å²) in [6, 6.07) is 1.90. The molecule has 0 unspecified atom stereocenters. The Morgan fingerprint density at radius 1 is 1.26 bits per heavy atom. The Kier molecular flexibility index (Phi) is 7.31. The molecule has 1 heterocycles. The molecule has 4 nitrogen and oxygen atoms in total. The molecule has 0 aliphatic rings. The maximum absolute atomic E-state index is 5.54. The summed E-state index contributed by atoms with van der Waals surface area (Å²) >= 11 is 3.42. The number of hydrogen-bond donors (Lipinski definition) is 1. The average Bonchev–Trinajstić information content (AvgIpc) is 2.32. The van der Waals surface area contributed by atoms with Gasteiger partial charge in [-0.05, 0) is 28.3 Å². The molecule has 0 amide bonds. The van der Waals surface area contributed by atoms with Gasteiger partial charge in [-0.15, -0.1) is 0 Å². The third-order valence-corrected chi connectivity index (χ3v) is 2.86. The zero-order valence-electron chi connectivity index (χ0n) is 12.2. The van der Waals surface area contributed by atoms with Crippen molar-refractivity contribution in [2.24, 2.45) is 5.92 Å². The molecule has 19 heavy (non-hydrogen) atoms. The van der Waals surface area contributed by atoms with Crippen molar-refractivity contribution in [3.63, 3.8) is 0 Å². The van der Waals surface area contributed by atoms with E-state index >= 15 is 0 Å². The Balaban J connectivity index is 2.33. The van der Waals surface area contributed by atoms with E-state index in [0.717, 1.165) is 42.4 Å². The normalized spacial score (nSPS) is 11.3. The number of nitrogens with one attached hydrogen (secondary N) is 1. The molecular formula is C14H24BrN3O. The molecule has 0 spiro atoms. The maximum Gasteiger partial charge on any atom is 0.134 e. The summed E-state index contributed by atoms with van der Waals surface area (Å²) < 4.78 is 6.36. The van der Waals surface area contributed by atoms with E-state index in [4.69, 9.17) is 4.74 Å². The van der Waals surface area contributed by atoms with Crippen LogP contribution in [-0.2, 0) is 4.74 Å². The van der Waals surface area contributed by atoms with Crippen molar-refractivity contribution >= 4 is 21.7 Å². The molecule has 1 aromatic rings. The molecule has 0 aliphatic carbocycles. The van der Waals surface area contributed by atoms with Gasteiger partial charge in [0.15, 0.2) is 0 Å². The van der Waals surface area contributed by atoms with Crippen LogP contribution < -0.4 is 5.32 Å². The summed E-state index contributed by atoms with van der Waals surface area (Å²) in [5, 5.41) is 3.31. The monoisotopic (exact) mass is 329 g/mol. The third kappa shape index (κ3) is 6.87. The molecule has 0 aliphatic heterocycles. The molecule has 1 N–H and O–H groups in total. The van der Waals surface area contributed by atoms with Crippen LogP contribution in [0.15, 0.2) is 10.7 Å². The highest BCUT2D eigenvalue weighted by Crippen LogP contribution is 2.17. The minimum absolute atomic E-state index is 0.326. The van der Waals surface area contributed by atoms with E-state index in [1.165, 1.54) is 0 Å². The number of hydrogen-bond acceptors (Lipinski definition) is 4. The lowest BCUT2D eigenvalue weighted by Gasteiger charge is -2.10. The molecule has 1 aromatic heterocycles. The minimum atomic E-state index is 0.326. The fraction of sp³-hybridized carbons (Fsp3) is 0.714. The highest BCUT2D eigenvalue weighted by Gasteiger charge is 2.06. The van der Waals surface area contributed by atoms with Crippen molar-refractivity contribution in [2.75, 3.05) is 25.1 Å². The van der Waals surface area contributed by atoms with Gasteiger partial charge in [0.2, 0.25) is 0 Å². The van der Waals surface area contributed by atoms with Crippen molar-refractivity contribution in [3.8, 4) is 0 Å². The molecule has 0 aromatic carbocycles. The zero-order chi connectivity index (χ0) is 14.3. The molecule has 0 radical (unpaired) electrons. The van der Waals surface area contributed by atoms with Gasteiger partial charge in [-0.2, -0.15) is 0 Å². The summed E-state index contributed by atoms with van der Waals surface area (Å²) in [5.74, 6) is 2.65. The summed E-state index contributed by atoms with van der Waals surface area (Å²) in [6.07, 6.45) is 0.978. The lowest BCUT2D eigenvalue weighted by molar-refractivity contribution is 0.110. The second-order valence-electron chi connectivity index (χ2n) is 5.34. The first-order valence-corrected chi connectivity index (χ1v) is 7.64. The van der Waals surface area contributed by atoms with E-state index in [1.54, 1.807) is 0 Å². The number of aromatic nitrogens is 2. The highest BCUT2D eigenvalue weighted by molar-refractivity contribution is 9.10.